The molecule has 0 spiro atoms. The summed E-state index contributed by atoms with van der Waals surface area (Å²) in [6, 6.07) is 8.13. The third-order valence-electron chi connectivity index (χ3n) is 6.26. The van der Waals surface area contributed by atoms with Crippen LogP contribution in [0.25, 0.3) is 0 Å². The van der Waals surface area contributed by atoms with Gasteiger partial charge in [-0.2, -0.15) is 0 Å². The van der Waals surface area contributed by atoms with Crippen molar-refractivity contribution in [2.45, 2.75) is 52.1 Å². The van der Waals surface area contributed by atoms with Crippen LogP contribution < -0.4 is 9.64 Å². The molecule has 168 valence electrons. The molecule has 31 heavy (non-hydrogen) atoms. The van der Waals surface area contributed by atoms with Gasteiger partial charge in [-0.25, -0.2) is 4.57 Å². The number of hydrogen-bond donors (Lipinski definition) is 2. The van der Waals surface area contributed by atoms with Crippen LogP contribution in [0.2, 0.25) is 0 Å². The second-order valence-corrected chi connectivity index (χ2v) is 8.75. The maximum atomic E-state index is 12.8. The topological polar surface area (TPSA) is 78.2 Å². The van der Waals surface area contributed by atoms with Crippen molar-refractivity contribution in [1.82, 2.24) is 9.47 Å². The molecule has 1 aromatic carbocycles. The smallest absolute Gasteiger partial charge is 0.237 e. The van der Waals surface area contributed by atoms with Gasteiger partial charge in [0.15, 0.2) is 0 Å². The number of aromatic hydroxyl groups is 2. The number of ether oxygens (including phenoxy) is 1. The normalized spacial score (nSPS) is 17.1. The van der Waals surface area contributed by atoms with Crippen LogP contribution in [0.5, 0.6) is 17.5 Å². The number of carbonyl (C=O) groups excluding carboxylic acids is 1. The molecule has 2 aromatic rings. The summed E-state index contributed by atoms with van der Waals surface area (Å²) in [5.74, 6) is 0.527. The predicted molar refractivity (Wildman–Crippen MR) is 121 cm³/mol. The maximum absolute atomic E-state index is 12.8. The van der Waals surface area contributed by atoms with Crippen molar-refractivity contribution in [2.24, 2.45) is 0 Å². The van der Waals surface area contributed by atoms with Crippen molar-refractivity contribution in [3.05, 3.63) is 35.4 Å². The number of nitrogens with zero attached hydrogens (tertiary/aromatic N) is 3. The number of benzene rings is 1. The first-order valence-electron chi connectivity index (χ1n) is 11.4. The molecule has 1 aliphatic heterocycles. The van der Waals surface area contributed by atoms with Crippen molar-refractivity contribution >= 4 is 11.6 Å². The third-order valence-corrected chi connectivity index (χ3v) is 6.26. The van der Waals surface area contributed by atoms with Crippen LogP contribution in [0.3, 0.4) is 0 Å². The molecule has 2 aliphatic rings. The van der Waals surface area contributed by atoms with E-state index in [0.717, 1.165) is 79.0 Å². The van der Waals surface area contributed by atoms with Crippen molar-refractivity contribution in [3.63, 3.8) is 0 Å². The molecule has 0 radical (unpaired) electrons. The first-order chi connectivity index (χ1) is 15.0. The average Bonchev–Trinajstić information content (AvgIpc) is 3.03. The molecule has 0 amide bonds. The largest absolute Gasteiger partial charge is 0.494 e. The Kier molecular flexibility index (Phi) is 6.41. The second-order valence-electron chi connectivity index (χ2n) is 8.75. The lowest BCUT2D eigenvalue weighted by atomic mass is 9.95. The Labute approximate surface area is 183 Å². The van der Waals surface area contributed by atoms with Crippen LogP contribution in [-0.2, 0) is 12.8 Å². The number of carbonyl (C=O) groups is 1. The Morgan fingerprint density at radius 3 is 2.23 bits per heavy atom. The van der Waals surface area contributed by atoms with Crippen LogP contribution in [0.4, 0.5) is 5.69 Å². The van der Waals surface area contributed by atoms with E-state index < -0.39 is 0 Å². The average molecular weight is 428 g/mol. The van der Waals surface area contributed by atoms with Gasteiger partial charge in [0.1, 0.15) is 5.75 Å². The Morgan fingerprint density at radius 1 is 1.00 bits per heavy atom. The lowest BCUT2D eigenvalue weighted by Crippen LogP contribution is -2.47. The van der Waals surface area contributed by atoms with Crippen molar-refractivity contribution in [3.8, 4) is 17.5 Å². The molecule has 1 fully saturated rings. The first kappa shape index (κ1) is 21.6. The van der Waals surface area contributed by atoms with Gasteiger partial charge in [0.2, 0.25) is 17.7 Å². The molecule has 1 aromatic heterocycles. The fraction of sp³-hybridized carbons (Fsp3) is 0.542. The van der Waals surface area contributed by atoms with Crippen LogP contribution in [-0.4, -0.2) is 64.4 Å². The molecule has 2 heterocycles. The number of aromatic nitrogens is 1. The van der Waals surface area contributed by atoms with Crippen LogP contribution in [0.1, 0.15) is 49.0 Å². The third kappa shape index (κ3) is 4.51. The van der Waals surface area contributed by atoms with Gasteiger partial charge in [-0.05, 0) is 51.7 Å². The quantitative estimate of drug-likeness (QED) is 0.736. The van der Waals surface area contributed by atoms with Crippen LogP contribution >= 0.6 is 0 Å². The molecule has 4 rings (SSSR count). The van der Waals surface area contributed by atoms with E-state index in [9.17, 15) is 15.0 Å². The van der Waals surface area contributed by atoms with Crippen molar-refractivity contribution < 1.29 is 19.7 Å². The van der Waals surface area contributed by atoms with E-state index in [-0.39, 0.29) is 30.2 Å². The number of fused-ring (bicyclic) bond motifs is 1. The lowest BCUT2D eigenvalue weighted by molar-refractivity contribution is 0.0862. The summed E-state index contributed by atoms with van der Waals surface area (Å²) in [4.78, 5) is 17.4. The van der Waals surface area contributed by atoms with Crippen molar-refractivity contribution in [2.75, 3.05) is 37.6 Å². The number of hydrogen-bond acceptors (Lipinski definition) is 6. The highest BCUT2D eigenvalue weighted by molar-refractivity contribution is 5.83. The Hall–Kier alpha value is -2.67. The molecule has 0 atom stereocenters. The van der Waals surface area contributed by atoms with E-state index in [0.29, 0.717) is 6.54 Å². The van der Waals surface area contributed by atoms with Gasteiger partial charge in [0.25, 0.3) is 0 Å². The number of anilines is 1. The second kappa shape index (κ2) is 9.22. The summed E-state index contributed by atoms with van der Waals surface area (Å²) >= 11 is 0. The van der Waals surface area contributed by atoms with Crippen molar-refractivity contribution in [1.29, 1.82) is 0 Å². The van der Waals surface area contributed by atoms with E-state index >= 15 is 0 Å². The monoisotopic (exact) mass is 427 g/mol. The van der Waals surface area contributed by atoms with Gasteiger partial charge in [-0.3, -0.25) is 9.69 Å². The van der Waals surface area contributed by atoms with E-state index in [1.54, 1.807) is 0 Å². The lowest BCUT2D eigenvalue weighted by Gasteiger charge is -2.36. The summed E-state index contributed by atoms with van der Waals surface area (Å²) in [5, 5.41) is 20.9. The molecule has 7 nitrogen and oxygen atoms in total. The highest BCUT2D eigenvalue weighted by Gasteiger charge is 2.28. The van der Waals surface area contributed by atoms with E-state index in [2.05, 4.69) is 15.9 Å². The summed E-state index contributed by atoms with van der Waals surface area (Å²) in [6.07, 6.45) is 3.79. The number of rotatable bonds is 6. The molecule has 0 saturated carbocycles. The highest BCUT2D eigenvalue weighted by atomic mass is 16.5. The molecule has 0 bridgehead atoms. The number of piperazine rings is 1. The predicted octanol–water partition coefficient (Wildman–Crippen LogP) is 3.42. The zero-order valence-corrected chi connectivity index (χ0v) is 18.5. The Morgan fingerprint density at radius 2 is 1.61 bits per heavy atom. The minimum Gasteiger partial charge on any atom is -0.494 e. The minimum atomic E-state index is -0.248. The fourth-order valence-electron chi connectivity index (χ4n) is 4.66. The summed E-state index contributed by atoms with van der Waals surface area (Å²) in [7, 11) is 0. The standard InChI is InChI=1S/C24H33N3O4/c1-17(2)31-21-10-6-5-9-20(21)26-15-13-25(14-16-26)12-11-22(28)27-23(29)18-7-3-4-8-19(18)24(27)30/h5-6,9-10,17,29-30H,3-4,7-8,11-16H2,1-2H3. The molecular formula is C24H33N3O4. The fourth-order valence-corrected chi connectivity index (χ4v) is 4.66. The molecule has 0 unspecified atom stereocenters. The summed E-state index contributed by atoms with van der Waals surface area (Å²) < 4.78 is 7.08. The van der Waals surface area contributed by atoms with Crippen LogP contribution in [0.15, 0.2) is 24.3 Å². The summed E-state index contributed by atoms with van der Waals surface area (Å²) in [6.45, 7) is 8.10. The first-order valence-corrected chi connectivity index (χ1v) is 11.4. The molecule has 1 saturated heterocycles. The van der Waals surface area contributed by atoms with E-state index in [1.807, 2.05) is 32.0 Å². The molecular weight excluding hydrogens is 394 g/mol. The van der Waals surface area contributed by atoms with E-state index in [1.165, 1.54) is 0 Å². The Bertz CT molecular complexity index is 900. The molecule has 2 N–H and O–H groups in total. The SMILES string of the molecule is CC(C)Oc1ccccc1N1CCN(CCC(=O)n2c(O)c3c(c2O)CCCC3)CC1. The van der Waals surface area contributed by atoms with Crippen LogP contribution in [0, 0.1) is 0 Å². The van der Waals surface area contributed by atoms with Gasteiger partial charge in [-0.1, -0.05) is 12.1 Å². The minimum absolute atomic E-state index is 0.0659. The van der Waals surface area contributed by atoms with Gasteiger partial charge in [0.05, 0.1) is 11.8 Å². The maximum Gasteiger partial charge on any atom is 0.237 e. The summed E-state index contributed by atoms with van der Waals surface area (Å²) in [5.41, 5.74) is 2.60. The van der Waals surface area contributed by atoms with Gasteiger partial charge < -0.3 is 19.8 Å². The molecule has 7 heteroatoms. The number of para-hydroxylation sites is 2. The van der Waals surface area contributed by atoms with Gasteiger partial charge in [0, 0.05) is 50.3 Å². The highest BCUT2D eigenvalue weighted by Crippen LogP contribution is 2.38. The Balaban J connectivity index is 1.34. The van der Waals surface area contributed by atoms with Gasteiger partial charge in [-0.15, -0.1) is 0 Å². The zero-order valence-electron chi connectivity index (χ0n) is 18.5. The van der Waals surface area contributed by atoms with E-state index in [4.69, 9.17) is 4.74 Å². The molecule has 1 aliphatic carbocycles. The van der Waals surface area contributed by atoms with Gasteiger partial charge >= 0.3 is 0 Å². The zero-order chi connectivity index (χ0) is 22.0.